The summed E-state index contributed by atoms with van der Waals surface area (Å²) in [6.45, 7) is 2.16. The molecule has 5 nitrogen and oxygen atoms in total. The van der Waals surface area contributed by atoms with Gasteiger partial charge >= 0.3 is 0 Å². The van der Waals surface area contributed by atoms with Crippen molar-refractivity contribution >= 4 is 78.2 Å². The number of terminal acetylenes is 1. The van der Waals surface area contributed by atoms with Crippen LogP contribution in [0.25, 0.3) is 10.9 Å². The molecule has 0 saturated carbocycles. The molecule has 0 spiro atoms. The van der Waals surface area contributed by atoms with E-state index >= 15 is 0 Å². The Kier molecular flexibility index (Phi) is 7.11. The molecule has 0 bridgehead atoms. The van der Waals surface area contributed by atoms with Crippen LogP contribution in [-0.2, 0) is 6.42 Å². The molecule has 1 aromatic heterocycles. The molecule has 0 radical (unpaired) electrons. The summed E-state index contributed by atoms with van der Waals surface area (Å²) >= 11 is 7.79. The molecule has 3 rings (SSSR count). The van der Waals surface area contributed by atoms with Gasteiger partial charge in [0, 0.05) is 10.9 Å². The molecule has 28 heavy (non-hydrogen) atoms. The van der Waals surface area contributed by atoms with Gasteiger partial charge in [0.15, 0.2) is 0 Å². The first-order valence-electron chi connectivity index (χ1n) is 8.25. The van der Waals surface area contributed by atoms with E-state index in [9.17, 15) is 4.79 Å². The van der Waals surface area contributed by atoms with E-state index in [2.05, 4.69) is 77.1 Å². The fourth-order valence-electron chi connectivity index (χ4n) is 2.57. The van der Waals surface area contributed by atoms with Gasteiger partial charge in [-0.3, -0.25) is 4.79 Å². The molecule has 8 heteroatoms. The van der Waals surface area contributed by atoms with Crippen molar-refractivity contribution in [3.8, 4) is 18.1 Å². The molecular weight excluding hydrogens is 648 g/mol. The van der Waals surface area contributed by atoms with E-state index in [0.717, 1.165) is 22.9 Å². The highest BCUT2D eigenvalue weighted by molar-refractivity contribution is 14.1. The predicted octanol–water partition coefficient (Wildman–Crippen LogP) is 4.82. The second-order valence-electron chi connectivity index (χ2n) is 5.71. The number of halogens is 3. The highest BCUT2D eigenvalue weighted by atomic mass is 127. The first kappa shape index (κ1) is 21.3. The molecule has 0 aliphatic heterocycles. The van der Waals surface area contributed by atoms with Crippen LogP contribution in [0.2, 0.25) is 0 Å². The van der Waals surface area contributed by atoms with Crippen molar-refractivity contribution in [1.29, 1.82) is 0 Å². The van der Waals surface area contributed by atoms with E-state index < -0.39 is 0 Å². The Labute approximate surface area is 198 Å². The molecule has 3 aromatic rings. The SMILES string of the molecule is C#CCOc1c(I)cc(C=Nn2c(CC)nc3ccc(Br)cc3c2=O)cc1I. The first-order chi connectivity index (χ1) is 13.4. The Balaban J connectivity index is 2.05. The minimum Gasteiger partial charge on any atom is -0.479 e. The summed E-state index contributed by atoms with van der Waals surface area (Å²) in [4.78, 5) is 17.5. The summed E-state index contributed by atoms with van der Waals surface area (Å²) in [6, 6.07) is 9.32. The van der Waals surface area contributed by atoms with Gasteiger partial charge in [-0.25, -0.2) is 4.98 Å². The second-order valence-corrected chi connectivity index (χ2v) is 8.95. The topological polar surface area (TPSA) is 56.5 Å². The quantitative estimate of drug-likeness (QED) is 0.224. The van der Waals surface area contributed by atoms with Crippen LogP contribution in [0.15, 0.2) is 44.7 Å². The number of rotatable bonds is 5. The number of aromatic nitrogens is 2. The van der Waals surface area contributed by atoms with Crippen molar-refractivity contribution in [3.05, 3.63) is 63.7 Å². The molecule has 0 aliphatic rings. The lowest BCUT2D eigenvalue weighted by molar-refractivity contribution is 0.365. The van der Waals surface area contributed by atoms with Crippen LogP contribution < -0.4 is 10.3 Å². The van der Waals surface area contributed by atoms with Crippen molar-refractivity contribution in [2.45, 2.75) is 13.3 Å². The lowest BCUT2D eigenvalue weighted by atomic mass is 10.2. The molecule has 0 saturated heterocycles. The highest BCUT2D eigenvalue weighted by Crippen LogP contribution is 2.28. The molecule has 2 aromatic carbocycles. The zero-order valence-electron chi connectivity index (χ0n) is 14.7. The Morgan fingerprint density at radius 3 is 2.68 bits per heavy atom. The maximum atomic E-state index is 12.9. The van der Waals surface area contributed by atoms with Crippen molar-refractivity contribution in [3.63, 3.8) is 0 Å². The zero-order chi connectivity index (χ0) is 20.3. The third-order valence-electron chi connectivity index (χ3n) is 3.83. The summed E-state index contributed by atoms with van der Waals surface area (Å²) in [5.74, 6) is 3.82. The molecule has 1 heterocycles. The predicted molar refractivity (Wildman–Crippen MR) is 132 cm³/mol. The van der Waals surface area contributed by atoms with Gasteiger partial charge in [-0.2, -0.15) is 9.78 Å². The van der Waals surface area contributed by atoms with Gasteiger partial charge in [-0.15, -0.1) is 6.42 Å². The van der Waals surface area contributed by atoms with Crippen molar-refractivity contribution in [1.82, 2.24) is 9.66 Å². The van der Waals surface area contributed by atoms with Gasteiger partial charge in [-0.1, -0.05) is 28.8 Å². The maximum Gasteiger partial charge on any atom is 0.282 e. The van der Waals surface area contributed by atoms with Crippen LogP contribution in [0.4, 0.5) is 0 Å². The highest BCUT2D eigenvalue weighted by Gasteiger charge is 2.11. The van der Waals surface area contributed by atoms with E-state index in [1.165, 1.54) is 4.68 Å². The normalized spacial score (nSPS) is 11.1. The summed E-state index contributed by atoms with van der Waals surface area (Å²) in [5.41, 5.74) is 1.32. The van der Waals surface area contributed by atoms with Gasteiger partial charge in [0.05, 0.1) is 24.3 Å². The third-order valence-corrected chi connectivity index (χ3v) is 5.93. The van der Waals surface area contributed by atoms with Gasteiger partial charge in [-0.05, 0) is 81.1 Å². The maximum absolute atomic E-state index is 12.9. The number of fused-ring (bicyclic) bond motifs is 1. The Hall–Kier alpha value is -1.45. The molecular formula is C20H14BrI2N3O2. The summed E-state index contributed by atoms with van der Waals surface area (Å²) in [7, 11) is 0. The number of aryl methyl sites for hydroxylation is 1. The average molecular weight is 662 g/mol. The van der Waals surface area contributed by atoms with E-state index in [1.54, 1.807) is 12.3 Å². The lowest BCUT2D eigenvalue weighted by Crippen LogP contribution is -2.22. The average Bonchev–Trinajstić information content (AvgIpc) is 2.67. The molecule has 0 fully saturated rings. The van der Waals surface area contributed by atoms with Gasteiger partial charge in [0.1, 0.15) is 18.2 Å². The standard InChI is InChI=1S/C20H14BrI2N3O2/c1-3-7-28-19-15(22)8-12(9-16(19)23)11-24-26-18(4-2)25-17-6-5-13(21)10-14(17)20(26)27/h1,5-6,8-11H,4,7H2,2H3. The third kappa shape index (κ3) is 4.58. The lowest BCUT2D eigenvalue weighted by Gasteiger charge is -2.10. The van der Waals surface area contributed by atoms with Crippen LogP contribution in [0.3, 0.4) is 0 Å². The number of hydrogen-bond acceptors (Lipinski definition) is 4. The van der Waals surface area contributed by atoms with Crippen LogP contribution in [0.1, 0.15) is 18.3 Å². The summed E-state index contributed by atoms with van der Waals surface area (Å²) in [6.07, 6.45) is 7.51. The van der Waals surface area contributed by atoms with Gasteiger partial charge < -0.3 is 4.74 Å². The molecule has 0 amide bonds. The summed E-state index contributed by atoms with van der Waals surface area (Å²) < 4.78 is 9.61. The minimum absolute atomic E-state index is 0.197. The van der Waals surface area contributed by atoms with Crippen molar-refractivity contribution < 1.29 is 4.74 Å². The molecule has 0 unspecified atom stereocenters. The summed E-state index contributed by atoms with van der Waals surface area (Å²) in [5, 5.41) is 4.94. The first-order valence-corrected chi connectivity index (χ1v) is 11.2. The molecule has 142 valence electrons. The van der Waals surface area contributed by atoms with E-state index in [1.807, 2.05) is 31.2 Å². The number of hydrogen-bond donors (Lipinski definition) is 0. The zero-order valence-corrected chi connectivity index (χ0v) is 20.6. The number of ether oxygens (including phenoxy) is 1. The van der Waals surface area contributed by atoms with Gasteiger partial charge in [0.25, 0.3) is 5.56 Å². The van der Waals surface area contributed by atoms with Crippen LogP contribution in [0, 0.1) is 19.5 Å². The van der Waals surface area contributed by atoms with Crippen LogP contribution >= 0.6 is 61.1 Å². The van der Waals surface area contributed by atoms with E-state index in [0.29, 0.717) is 23.1 Å². The van der Waals surface area contributed by atoms with Crippen molar-refractivity contribution in [2.75, 3.05) is 6.61 Å². The fraction of sp³-hybridized carbons (Fsp3) is 0.150. The molecule has 0 aliphatic carbocycles. The Bertz CT molecular complexity index is 1160. The largest absolute Gasteiger partial charge is 0.479 e. The van der Waals surface area contributed by atoms with E-state index in [4.69, 9.17) is 11.2 Å². The van der Waals surface area contributed by atoms with Gasteiger partial charge in [0.2, 0.25) is 0 Å². The minimum atomic E-state index is -0.197. The number of nitrogens with zero attached hydrogens (tertiary/aromatic N) is 3. The monoisotopic (exact) mass is 661 g/mol. The second kappa shape index (κ2) is 9.37. The molecule has 0 N–H and O–H groups in total. The smallest absolute Gasteiger partial charge is 0.282 e. The van der Waals surface area contributed by atoms with Crippen LogP contribution in [0.5, 0.6) is 5.75 Å². The number of benzene rings is 2. The Morgan fingerprint density at radius 2 is 2.04 bits per heavy atom. The fourth-order valence-corrected chi connectivity index (χ4v) is 5.06. The molecule has 0 atom stereocenters. The van der Waals surface area contributed by atoms with Crippen LogP contribution in [-0.4, -0.2) is 22.5 Å². The Morgan fingerprint density at radius 1 is 1.32 bits per heavy atom. The van der Waals surface area contributed by atoms with E-state index in [-0.39, 0.29) is 12.2 Å². The van der Waals surface area contributed by atoms with Crippen molar-refractivity contribution in [2.24, 2.45) is 5.10 Å².